The van der Waals surface area contributed by atoms with Crippen molar-refractivity contribution in [2.75, 3.05) is 0 Å². The van der Waals surface area contributed by atoms with Crippen molar-refractivity contribution in [2.24, 2.45) is 0 Å². The second-order valence-corrected chi connectivity index (χ2v) is 4.78. The van der Waals surface area contributed by atoms with Gasteiger partial charge in [0.25, 0.3) is 0 Å². The minimum Gasteiger partial charge on any atom is -0.477 e. The molecule has 1 aromatic carbocycles. The lowest BCUT2D eigenvalue weighted by Gasteiger charge is -2.04. The number of aromatic carboxylic acids is 1. The fraction of sp³-hybridized carbons (Fsp3) is 0.0833. The Morgan fingerprint density at radius 2 is 2.12 bits per heavy atom. The summed E-state index contributed by atoms with van der Waals surface area (Å²) in [6, 6.07) is 6.79. The molecule has 1 heterocycles. The standard InChI is InChI=1S/C12H9ClO3S/c1-7-4-8(2-3-10(7)13)16-9-5-11(12(14)15)17-6-9/h2-6H,1H3,(H,14,15). The van der Waals surface area contributed by atoms with Gasteiger partial charge in [-0.15, -0.1) is 11.3 Å². The molecule has 1 aromatic heterocycles. The molecule has 88 valence electrons. The smallest absolute Gasteiger partial charge is 0.346 e. The Kier molecular flexibility index (Phi) is 3.36. The van der Waals surface area contributed by atoms with Crippen LogP contribution in [0.4, 0.5) is 0 Å². The van der Waals surface area contributed by atoms with Gasteiger partial charge in [0.1, 0.15) is 16.4 Å². The van der Waals surface area contributed by atoms with Gasteiger partial charge in [-0.2, -0.15) is 0 Å². The zero-order chi connectivity index (χ0) is 12.4. The van der Waals surface area contributed by atoms with Gasteiger partial charge in [-0.3, -0.25) is 0 Å². The number of ether oxygens (including phenoxy) is 1. The molecule has 0 atom stereocenters. The van der Waals surface area contributed by atoms with Gasteiger partial charge in [-0.1, -0.05) is 11.6 Å². The molecule has 0 saturated heterocycles. The second kappa shape index (κ2) is 4.77. The van der Waals surface area contributed by atoms with Gasteiger partial charge in [0, 0.05) is 16.5 Å². The summed E-state index contributed by atoms with van der Waals surface area (Å²) in [5.41, 5.74) is 0.915. The molecule has 17 heavy (non-hydrogen) atoms. The van der Waals surface area contributed by atoms with Gasteiger partial charge in [-0.05, 0) is 30.7 Å². The monoisotopic (exact) mass is 268 g/mol. The lowest BCUT2D eigenvalue weighted by Crippen LogP contribution is -1.90. The molecule has 2 aromatic rings. The fourth-order valence-corrected chi connectivity index (χ4v) is 2.06. The van der Waals surface area contributed by atoms with E-state index in [1.807, 2.05) is 6.92 Å². The second-order valence-electron chi connectivity index (χ2n) is 3.46. The van der Waals surface area contributed by atoms with Crippen molar-refractivity contribution in [1.82, 2.24) is 0 Å². The maximum atomic E-state index is 10.7. The molecule has 0 fully saturated rings. The first-order valence-electron chi connectivity index (χ1n) is 4.82. The number of carboxylic acids is 1. The molecule has 0 aliphatic heterocycles. The van der Waals surface area contributed by atoms with Gasteiger partial charge in [-0.25, -0.2) is 4.79 Å². The first kappa shape index (κ1) is 12.0. The maximum absolute atomic E-state index is 10.7. The van der Waals surface area contributed by atoms with Crippen molar-refractivity contribution in [1.29, 1.82) is 0 Å². The van der Waals surface area contributed by atoms with E-state index in [0.717, 1.165) is 16.9 Å². The van der Waals surface area contributed by atoms with Crippen molar-refractivity contribution in [3.63, 3.8) is 0 Å². The molecule has 0 aliphatic rings. The Morgan fingerprint density at radius 1 is 1.35 bits per heavy atom. The number of thiophene rings is 1. The van der Waals surface area contributed by atoms with Crippen molar-refractivity contribution >= 4 is 28.9 Å². The van der Waals surface area contributed by atoms with Crippen LogP contribution in [-0.4, -0.2) is 11.1 Å². The number of carboxylic acid groups (broad SMARTS) is 1. The SMILES string of the molecule is Cc1cc(Oc2csc(C(=O)O)c2)ccc1Cl. The molecular formula is C12H9ClO3S. The molecule has 0 unspecified atom stereocenters. The van der Waals surface area contributed by atoms with Crippen molar-refractivity contribution in [3.8, 4) is 11.5 Å². The van der Waals surface area contributed by atoms with Crippen LogP contribution in [0, 0.1) is 6.92 Å². The van der Waals surface area contributed by atoms with Gasteiger partial charge in [0.15, 0.2) is 0 Å². The summed E-state index contributed by atoms with van der Waals surface area (Å²) in [7, 11) is 0. The summed E-state index contributed by atoms with van der Waals surface area (Å²) in [4.78, 5) is 11.0. The molecule has 3 nitrogen and oxygen atoms in total. The van der Waals surface area contributed by atoms with E-state index >= 15 is 0 Å². The van der Waals surface area contributed by atoms with E-state index in [1.165, 1.54) is 6.07 Å². The largest absolute Gasteiger partial charge is 0.477 e. The lowest BCUT2D eigenvalue weighted by atomic mass is 10.2. The number of hydrogen-bond acceptors (Lipinski definition) is 3. The summed E-state index contributed by atoms with van der Waals surface area (Å²) in [6.07, 6.45) is 0. The highest BCUT2D eigenvalue weighted by Gasteiger charge is 2.08. The normalized spacial score (nSPS) is 10.2. The Balaban J connectivity index is 2.19. The van der Waals surface area contributed by atoms with Crippen LogP contribution in [0.5, 0.6) is 11.5 Å². The van der Waals surface area contributed by atoms with Crippen LogP contribution in [0.15, 0.2) is 29.6 Å². The third-order valence-corrected chi connectivity index (χ3v) is 3.47. The molecule has 2 rings (SSSR count). The van der Waals surface area contributed by atoms with Crippen LogP contribution in [-0.2, 0) is 0 Å². The summed E-state index contributed by atoms with van der Waals surface area (Å²) < 4.78 is 5.53. The van der Waals surface area contributed by atoms with Crippen LogP contribution in [0.3, 0.4) is 0 Å². The molecule has 0 spiro atoms. The molecule has 1 N–H and O–H groups in total. The van der Waals surface area contributed by atoms with E-state index in [1.54, 1.807) is 23.6 Å². The summed E-state index contributed by atoms with van der Waals surface area (Å²) in [5.74, 6) is 0.216. The van der Waals surface area contributed by atoms with Gasteiger partial charge in [0.05, 0.1) is 0 Å². The number of hydrogen-bond donors (Lipinski definition) is 1. The first-order valence-corrected chi connectivity index (χ1v) is 6.08. The topological polar surface area (TPSA) is 46.5 Å². The average molecular weight is 269 g/mol. The van der Waals surface area contributed by atoms with E-state index in [9.17, 15) is 4.79 Å². The number of carbonyl (C=O) groups is 1. The summed E-state index contributed by atoms with van der Waals surface area (Å²) >= 11 is 7.03. The lowest BCUT2D eigenvalue weighted by molar-refractivity contribution is 0.0702. The maximum Gasteiger partial charge on any atom is 0.346 e. The molecule has 0 aliphatic carbocycles. The zero-order valence-electron chi connectivity index (χ0n) is 8.94. The van der Waals surface area contributed by atoms with Gasteiger partial charge < -0.3 is 9.84 Å². The van der Waals surface area contributed by atoms with E-state index in [2.05, 4.69) is 0 Å². The number of benzene rings is 1. The van der Waals surface area contributed by atoms with Gasteiger partial charge >= 0.3 is 5.97 Å². The highest BCUT2D eigenvalue weighted by atomic mass is 35.5. The highest BCUT2D eigenvalue weighted by molar-refractivity contribution is 7.12. The zero-order valence-corrected chi connectivity index (χ0v) is 10.5. The quantitative estimate of drug-likeness (QED) is 0.907. The van der Waals surface area contributed by atoms with Crippen LogP contribution in [0.1, 0.15) is 15.2 Å². The Morgan fingerprint density at radius 3 is 2.71 bits per heavy atom. The molecule has 0 radical (unpaired) electrons. The number of halogens is 1. The number of rotatable bonds is 3. The highest BCUT2D eigenvalue weighted by Crippen LogP contribution is 2.29. The third kappa shape index (κ3) is 2.78. The fourth-order valence-electron chi connectivity index (χ4n) is 1.30. The first-order chi connectivity index (χ1) is 8.06. The molecule has 5 heteroatoms. The Bertz CT molecular complexity index is 563. The third-order valence-electron chi connectivity index (χ3n) is 2.15. The summed E-state index contributed by atoms with van der Waals surface area (Å²) in [5, 5.41) is 11.1. The molecular weight excluding hydrogens is 260 g/mol. The Hall–Kier alpha value is -1.52. The van der Waals surface area contributed by atoms with Crippen LogP contribution in [0.2, 0.25) is 5.02 Å². The van der Waals surface area contributed by atoms with Crippen LogP contribution in [0.25, 0.3) is 0 Å². The average Bonchev–Trinajstić information content (AvgIpc) is 2.72. The van der Waals surface area contributed by atoms with Crippen molar-refractivity contribution < 1.29 is 14.6 Å². The van der Waals surface area contributed by atoms with E-state index in [0.29, 0.717) is 16.5 Å². The predicted molar refractivity (Wildman–Crippen MR) is 67.5 cm³/mol. The van der Waals surface area contributed by atoms with E-state index in [4.69, 9.17) is 21.4 Å². The minimum atomic E-state index is -0.947. The molecule has 0 amide bonds. The Labute approximate surface area is 107 Å². The van der Waals surface area contributed by atoms with Crippen LogP contribution >= 0.6 is 22.9 Å². The molecule has 0 bridgehead atoms. The molecule has 0 saturated carbocycles. The summed E-state index contributed by atoms with van der Waals surface area (Å²) in [6.45, 7) is 1.88. The van der Waals surface area contributed by atoms with E-state index < -0.39 is 5.97 Å². The van der Waals surface area contributed by atoms with Gasteiger partial charge in [0.2, 0.25) is 0 Å². The number of aryl methyl sites for hydroxylation is 1. The van der Waals surface area contributed by atoms with Crippen LogP contribution < -0.4 is 4.74 Å². The van der Waals surface area contributed by atoms with E-state index in [-0.39, 0.29) is 4.88 Å². The van der Waals surface area contributed by atoms with Crippen molar-refractivity contribution in [3.05, 3.63) is 45.1 Å². The van der Waals surface area contributed by atoms with Crippen molar-refractivity contribution in [2.45, 2.75) is 6.92 Å². The minimum absolute atomic E-state index is 0.255. The predicted octanol–water partition coefficient (Wildman–Crippen LogP) is 4.20.